The molecule has 4 nitrogen and oxygen atoms in total. The van der Waals surface area contributed by atoms with Crippen LogP contribution >= 0.6 is 0 Å². The third-order valence-electron chi connectivity index (χ3n) is 0.939. The lowest BCUT2D eigenvalue weighted by Crippen LogP contribution is -1.91. The van der Waals surface area contributed by atoms with Crippen LogP contribution in [-0.4, -0.2) is 28.9 Å². The fourth-order valence-electron chi connectivity index (χ4n) is 0.469. The number of ether oxygens (including phenoxy) is 1. The Bertz CT molecular complexity index is 174. The highest BCUT2D eigenvalue weighted by atomic mass is 16.6. The lowest BCUT2D eigenvalue weighted by Gasteiger charge is -1.85. The van der Waals surface area contributed by atoms with Gasteiger partial charge in [0.25, 0.3) is 0 Å². The van der Waals surface area contributed by atoms with Crippen molar-refractivity contribution in [3.8, 4) is 5.75 Å². The molecule has 4 heteroatoms. The minimum Gasteiger partial charge on any atom is -0.508 e. The first-order valence-corrected chi connectivity index (χ1v) is 3.34. The Morgan fingerprint density at radius 1 is 1.00 bits per heavy atom. The molecule has 68 valence electrons. The van der Waals surface area contributed by atoms with Crippen molar-refractivity contribution >= 4 is 0 Å². The van der Waals surface area contributed by atoms with E-state index in [-0.39, 0.29) is 0 Å². The normalized spacial score (nSPS) is 8.50. The van der Waals surface area contributed by atoms with Crippen molar-refractivity contribution in [3.05, 3.63) is 30.3 Å². The molecule has 1 rings (SSSR count). The van der Waals surface area contributed by atoms with E-state index in [1.54, 1.807) is 24.3 Å². The van der Waals surface area contributed by atoms with Gasteiger partial charge in [-0.05, 0) is 12.1 Å². The Labute approximate surface area is 70.7 Å². The summed E-state index contributed by atoms with van der Waals surface area (Å²) in [6, 6.07) is 8.71. The lowest BCUT2D eigenvalue weighted by atomic mass is 10.3. The summed E-state index contributed by atoms with van der Waals surface area (Å²) in [5, 5.41) is 24.0. The predicted molar refractivity (Wildman–Crippen MR) is 43.4 cm³/mol. The minimum atomic E-state index is -0.406. The van der Waals surface area contributed by atoms with Gasteiger partial charge >= 0.3 is 0 Å². The van der Waals surface area contributed by atoms with E-state index in [1.165, 1.54) is 0 Å². The molecule has 0 amide bonds. The number of aromatic hydroxyl groups is 1. The Hall–Kier alpha value is -1.10. The number of para-hydroxylation sites is 1. The Morgan fingerprint density at radius 2 is 1.50 bits per heavy atom. The zero-order valence-electron chi connectivity index (χ0n) is 6.55. The van der Waals surface area contributed by atoms with Crippen LogP contribution in [0, 0.1) is 0 Å². The number of aliphatic hydroxyl groups is 2. The van der Waals surface area contributed by atoms with Crippen molar-refractivity contribution in [1.29, 1.82) is 0 Å². The average molecular weight is 172 g/mol. The van der Waals surface area contributed by atoms with E-state index in [1.807, 2.05) is 6.07 Å². The van der Waals surface area contributed by atoms with E-state index in [2.05, 4.69) is 4.74 Å². The maximum Gasteiger partial charge on any atom is 0.146 e. The Morgan fingerprint density at radius 3 is 1.67 bits per heavy atom. The second-order valence-corrected chi connectivity index (χ2v) is 1.80. The second kappa shape index (κ2) is 8.00. The first-order chi connectivity index (χ1) is 5.81. The van der Waals surface area contributed by atoms with Crippen LogP contribution in [0.25, 0.3) is 0 Å². The van der Waals surface area contributed by atoms with Crippen molar-refractivity contribution in [3.63, 3.8) is 0 Å². The highest BCUT2D eigenvalue weighted by Gasteiger charge is 1.74. The molecule has 0 heterocycles. The maximum absolute atomic E-state index is 8.63. The van der Waals surface area contributed by atoms with Crippen molar-refractivity contribution < 1.29 is 20.1 Å². The standard InChI is InChI=1S/C6H6O.C2H6O3/c7-6-4-2-1-3-5-6;3-1-5-2-4/h1-5,7H;3-4H,1-2H2. The van der Waals surface area contributed by atoms with Crippen LogP contribution in [0.2, 0.25) is 0 Å². The molecule has 3 N–H and O–H groups in total. The molecule has 1 aromatic rings. The highest BCUT2D eigenvalue weighted by Crippen LogP contribution is 2.02. The number of aliphatic hydroxyl groups excluding tert-OH is 2. The molecule has 0 aliphatic rings. The molecule has 1 aromatic carbocycles. The molecule has 0 radical (unpaired) electrons. The molecule has 0 aromatic heterocycles. The van der Waals surface area contributed by atoms with Gasteiger partial charge in [0.15, 0.2) is 0 Å². The van der Waals surface area contributed by atoms with E-state index in [0.29, 0.717) is 5.75 Å². The Balaban J connectivity index is 0.000000217. The van der Waals surface area contributed by atoms with Crippen LogP contribution in [0.15, 0.2) is 30.3 Å². The first kappa shape index (κ1) is 10.9. The van der Waals surface area contributed by atoms with E-state index in [9.17, 15) is 0 Å². The SMILES string of the molecule is OCOCO.Oc1ccccc1. The largest absolute Gasteiger partial charge is 0.508 e. The number of hydrogen-bond acceptors (Lipinski definition) is 4. The fraction of sp³-hybridized carbons (Fsp3) is 0.250. The molecule has 0 unspecified atom stereocenters. The van der Waals surface area contributed by atoms with Gasteiger partial charge in [-0.3, -0.25) is 0 Å². The Kier molecular flexibility index (Phi) is 7.27. The topological polar surface area (TPSA) is 69.9 Å². The van der Waals surface area contributed by atoms with Gasteiger partial charge in [0.2, 0.25) is 0 Å². The number of phenolic OH excluding ortho intramolecular Hbond substituents is 1. The van der Waals surface area contributed by atoms with Crippen molar-refractivity contribution in [2.45, 2.75) is 0 Å². The van der Waals surface area contributed by atoms with Crippen molar-refractivity contribution in [2.24, 2.45) is 0 Å². The third kappa shape index (κ3) is 7.01. The van der Waals surface area contributed by atoms with Crippen LogP contribution < -0.4 is 0 Å². The van der Waals surface area contributed by atoms with Crippen molar-refractivity contribution in [1.82, 2.24) is 0 Å². The summed E-state index contributed by atoms with van der Waals surface area (Å²) >= 11 is 0. The first-order valence-electron chi connectivity index (χ1n) is 3.34. The quantitative estimate of drug-likeness (QED) is 0.561. The summed E-state index contributed by atoms with van der Waals surface area (Å²) in [4.78, 5) is 0. The highest BCUT2D eigenvalue weighted by molar-refractivity contribution is 5.18. The van der Waals surface area contributed by atoms with Gasteiger partial charge in [-0.1, -0.05) is 18.2 Å². The molecule has 0 aliphatic heterocycles. The summed E-state index contributed by atoms with van der Waals surface area (Å²) in [6.07, 6.45) is 0. The summed E-state index contributed by atoms with van der Waals surface area (Å²) < 4.78 is 3.94. The van der Waals surface area contributed by atoms with Gasteiger partial charge in [-0.25, -0.2) is 0 Å². The van der Waals surface area contributed by atoms with Crippen LogP contribution in [0.1, 0.15) is 0 Å². The molecule has 0 bridgehead atoms. The van der Waals surface area contributed by atoms with Gasteiger partial charge < -0.3 is 20.1 Å². The number of hydrogen-bond donors (Lipinski definition) is 3. The molecule has 0 saturated carbocycles. The summed E-state index contributed by atoms with van der Waals surface area (Å²) in [5.74, 6) is 0.322. The van der Waals surface area contributed by atoms with E-state index in [0.717, 1.165) is 0 Å². The number of benzene rings is 1. The monoisotopic (exact) mass is 172 g/mol. The molecular formula is C8H12O4. The molecular weight excluding hydrogens is 160 g/mol. The van der Waals surface area contributed by atoms with Gasteiger partial charge in [0.1, 0.15) is 19.3 Å². The summed E-state index contributed by atoms with van der Waals surface area (Å²) in [5.41, 5.74) is 0. The number of phenols is 1. The molecule has 0 saturated heterocycles. The minimum absolute atomic E-state index is 0.322. The molecule has 0 fully saturated rings. The molecule has 0 spiro atoms. The van der Waals surface area contributed by atoms with Crippen LogP contribution in [0.3, 0.4) is 0 Å². The van der Waals surface area contributed by atoms with Gasteiger partial charge in [0, 0.05) is 0 Å². The summed E-state index contributed by atoms with van der Waals surface area (Å²) in [6.45, 7) is -0.812. The van der Waals surface area contributed by atoms with E-state index in [4.69, 9.17) is 15.3 Å². The fourth-order valence-corrected chi connectivity index (χ4v) is 0.469. The van der Waals surface area contributed by atoms with E-state index >= 15 is 0 Å². The average Bonchev–Trinajstić information content (AvgIpc) is 2.08. The maximum atomic E-state index is 8.63. The third-order valence-corrected chi connectivity index (χ3v) is 0.939. The van der Waals surface area contributed by atoms with Crippen LogP contribution in [0.5, 0.6) is 5.75 Å². The van der Waals surface area contributed by atoms with Gasteiger partial charge in [-0.15, -0.1) is 0 Å². The van der Waals surface area contributed by atoms with Crippen LogP contribution in [0.4, 0.5) is 0 Å². The zero-order chi connectivity index (χ0) is 9.23. The molecule has 12 heavy (non-hydrogen) atoms. The molecule has 0 atom stereocenters. The smallest absolute Gasteiger partial charge is 0.146 e. The second-order valence-electron chi connectivity index (χ2n) is 1.80. The van der Waals surface area contributed by atoms with Gasteiger partial charge in [-0.2, -0.15) is 0 Å². The van der Waals surface area contributed by atoms with Crippen LogP contribution in [-0.2, 0) is 4.74 Å². The van der Waals surface area contributed by atoms with Crippen molar-refractivity contribution in [2.75, 3.05) is 13.6 Å². The lowest BCUT2D eigenvalue weighted by molar-refractivity contribution is -0.0763. The van der Waals surface area contributed by atoms with E-state index < -0.39 is 13.6 Å². The van der Waals surface area contributed by atoms with Gasteiger partial charge in [0.05, 0.1) is 0 Å². The number of rotatable bonds is 2. The summed E-state index contributed by atoms with van der Waals surface area (Å²) in [7, 11) is 0. The molecule has 0 aliphatic carbocycles. The predicted octanol–water partition coefficient (Wildman–Crippen LogP) is 0.295. The zero-order valence-corrected chi connectivity index (χ0v) is 6.55.